The molecule has 1 aliphatic heterocycles. The van der Waals surface area contributed by atoms with E-state index in [1.807, 2.05) is 0 Å². The standard InChI is InChI=1S/C13H28N2S/c1-11(2)15(12(3)4)7-6-14-9-13-5-8-16-10-13/h11-14H,5-10H2,1-4H3. The Morgan fingerprint density at radius 2 is 1.94 bits per heavy atom. The van der Waals surface area contributed by atoms with Gasteiger partial charge >= 0.3 is 0 Å². The van der Waals surface area contributed by atoms with Crippen LogP contribution in [0.2, 0.25) is 0 Å². The molecule has 1 rings (SSSR count). The average Bonchev–Trinajstić information content (AvgIpc) is 2.68. The Kier molecular flexibility index (Phi) is 6.78. The van der Waals surface area contributed by atoms with Crippen LogP contribution in [0.3, 0.4) is 0 Å². The summed E-state index contributed by atoms with van der Waals surface area (Å²) in [6.45, 7) is 12.7. The quantitative estimate of drug-likeness (QED) is 0.693. The van der Waals surface area contributed by atoms with Crippen molar-refractivity contribution >= 4 is 11.8 Å². The topological polar surface area (TPSA) is 15.3 Å². The largest absolute Gasteiger partial charge is 0.315 e. The summed E-state index contributed by atoms with van der Waals surface area (Å²) in [6.07, 6.45) is 1.41. The van der Waals surface area contributed by atoms with Gasteiger partial charge in [0.05, 0.1) is 0 Å². The van der Waals surface area contributed by atoms with Gasteiger partial charge in [-0.15, -0.1) is 0 Å². The summed E-state index contributed by atoms with van der Waals surface area (Å²) >= 11 is 2.11. The van der Waals surface area contributed by atoms with Crippen LogP contribution in [0.15, 0.2) is 0 Å². The molecule has 0 amide bonds. The van der Waals surface area contributed by atoms with Gasteiger partial charge in [0.2, 0.25) is 0 Å². The Labute approximate surface area is 106 Å². The van der Waals surface area contributed by atoms with Gasteiger partial charge in [0.1, 0.15) is 0 Å². The van der Waals surface area contributed by atoms with E-state index in [1.54, 1.807) is 0 Å². The third-order valence-corrected chi connectivity index (χ3v) is 4.56. The van der Waals surface area contributed by atoms with Crippen molar-refractivity contribution in [2.75, 3.05) is 31.1 Å². The molecule has 1 N–H and O–H groups in total. The van der Waals surface area contributed by atoms with Crippen molar-refractivity contribution in [3.05, 3.63) is 0 Å². The monoisotopic (exact) mass is 244 g/mol. The summed E-state index contributed by atoms with van der Waals surface area (Å²) in [6, 6.07) is 1.31. The van der Waals surface area contributed by atoms with Crippen molar-refractivity contribution in [2.45, 2.75) is 46.2 Å². The fraction of sp³-hybridized carbons (Fsp3) is 1.00. The van der Waals surface area contributed by atoms with Crippen LogP contribution < -0.4 is 5.32 Å². The van der Waals surface area contributed by atoms with Crippen LogP contribution in [0.1, 0.15) is 34.1 Å². The predicted molar refractivity (Wildman–Crippen MR) is 75.3 cm³/mol. The molecule has 1 atom stereocenters. The zero-order chi connectivity index (χ0) is 12.0. The second kappa shape index (κ2) is 7.57. The predicted octanol–water partition coefficient (Wildman–Crippen LogP) is 2.45. The first-order valence-corrected chi connectivity index (χ1v) is 7.81. The van der Waals surface area contributed by atoms with Gasteiger partial charge in [0, 0.05) is 25.2 Å². The second-order valence-electron chi connectivity index (χ2n) is 5.36. The molecule has 0 saturated carbocycles. The average molecular weight is 244 g/mol. The van der Waals surface area contributed by atoms with Gasteiger partial charge in [-0.3, -0.25) is 4.90 Å². The normalized spacial score (nSPS) is 21.6. The Morgan fingerprint density at radius 3 is 2.44 bits per heavy atom. The van der Waals surface area contributed by atoms with Crippen molar-refractivity contribution < 1.29 is 0 Å². The van der Waals surface area contributed by atoms with Crippen LogP contribution in [0.4, 0.5) is 0 Å². The van der Waals surface area contributed by atoms with E-state index in [0.29, 0.717) is 12.1 Å². The highest BCUT2D eigenvalue weighted by atomic mass is 32.2. The molecule has 0 bridgehead atoms. The summed E-state index contributed by atoms with van der Waals surface area (Å²) in [5, 5.41) is 3.61. The van der Waals surface area contributed by atoms with Crippen LogP contribution in [0, 0.1) is 5.92 Å². The number of nitrogens with one attached hydrogen (secondary N) is 1. The summed E-state index contributed by atoms with van der Waals surface area (Å²) in [7, 11) is 0. The van der Waals surface area contributed by atoms with Gasteiger partial charge in [0.25, 0.3) is 0 Å². The van der Waals surface area contributed by atoms with Gasteiger partial charge in [-0.25, -0.2) is 0 Å². The van der Waals surface area contributed by atoms with Gasteiger partial charge < -0.3 is 5.32 Å². The minimum Gasteiger partial charge on any atom is -0.315 e. The number of nitrogens with zero attached hydrogens (tertiary/aromatic N) is 1. The minimum absolute atomic E-state index is 0.656. The van der Waals surface area contributed by atoms with E-state index in [-0.39, 0.29) is 0 Å². The van der Waals surface area contributed by atoms with Gasteiger partial charge in [-0.1, -0.05) is 0 Å². The zero-order valence-electron chi connectivity index (χ0n) is 11.3. The highest BCUT2D eigenvalue weighted by Gasteiger charge is 2.15. The van der Waals surface area contributed by atoms with E-state index >= 15 is 0 Å². The molecular weight excluding hydrogens is 216 g/mol. The minimum atomic E-state index is 0.656. The van der Waals surface area contributed by atoms with Crippen molar-refractivity contribution in [3.63, 3.8) is 0 Å². The fourth-order valence-corrected chi connectivity index (χ4v) is 3.66. The lowest BCUT2D eigenvalue weighted by Crippen LogP contribution is -2.42. The fourth-order valence-electron chi connectivity index (χ4n) is 2.37. The molecule has 0 aromatic carbocycles. The van der Waals surface area contributed by atoms with Crippen LogP contribution in [-0.2, 0) is 0 Å². The molecule has 0 spiro atoms. The third kappa shape index (κ3) is 5.07. The van der Waals surface area contributed by atoms with E-state index in [4.69, 9.17) is 0 Å². The van der Waals surface area contributed by atoms with Crippen molar-refractivity contribution in [1.29, 1.82) is 0 Å². The van der Waals surface area contributed by atoms with E-state index in [2.05, 4.69) is 49.7 Å². The van der Waals surface area contributed by atoms with Crippen molar-refractivity contribution in [2.24, 2.45) is 5.92 Å². The summed E-state index contributed by atoms with van der Waals surface area (Å²) in [4.78, 5) is 2.55. The number of hydrogen-bond donors (Lipinski definition) is 1. The molecule has 2 nitrogen and oxygen atoms in total. The number of hydrogen-bond acceptors (Lipinski definition) is 3. The van der Waals surface area contributed by atoms with Gasteiger partial charge in [-0.2, -0.15) is 11.8 Å². The van der Waals surface area contributed by atoms with Gasteiger partial charge in [-0.05, 0) is 58.1 Å². The smallest absolute Gasteiger partial charge is 0.0112 e. The Hall–Kier alpha value is 0.270. The molecule has 1 saturated heterocycles. The zero-order valence-corrected chi connectivity index (χ0v) is 12.1. The van der Waals surface area contributed by atoms with Crippen LogP contribution in [0.25, 0.3) is 0 Å². The molecule has 0 radical (unpaired) electrons. The second-order valence-corrected chi connectivity index (χ2v) is 6.51. The van der Waals surface area contributed by atoms with E-state index in [1.165, 1.54) is 31.0 Å². The molecule has 0 aromatic rings. The summed E-state index contributed by atoms with van der Waals surface area (Å²) < 4.78 is 0. The van der Waals surface area contributed by atoms with E-state index in [0.717, 1.165) is 12.5 Å². The highest BCUT2D eigenvalue weighted by Crippen LogP contribution is 2.22. The molecular formula is C13H28N2S. The highest BCUT2D eigenvalue weighted by molar-refractivity contribution is 7.99. The summed E-state index contributed by atoms with van der Waals surface area (Å²) in [5.41, 5.74) is 0. The maximum atomic E-state index is 3.61. The van der Waals surface area contributed by atoms with Crippen LogP contribution >= 0.6 is 11.8 Å². The van der Waals surface area contributed by atoms with E-state index < -0.39 is 0 Å². The van der Waals surface area contributed by atoms with Gasteiger partial charge in [0.15, 0.2) is 0 Å². The first kappa shape index (κ1) is 14.3. The lowest BCUT2D eigenvalue weighted by Gasteiger charge is -2.30. The number of rotatable bonds is 7. The lowest BCUT2D eigenvalue weighted by molar-refractivity contribution is 0.175. The molecule has 1 heterocycles. The molecule has 0 aromatic heterocycles. The Balaban J connectivity index is 2.08. The van der Waals surface area contributed by atoms with Crippen LogP contribution in [-0.4, -0.2) is 48.1 Å². The Morgan fingerprint density at radius 1 is 1.25 bits per heavy atom. The molecule has 96 valence electrons. The maximum Gasteiger partial charge on any atom is 0.0112 e. The molecule has 16 heavy (non-hydrogen) atoms. The molecule has 1 fully saturated rings. The first-order chi connectivity index (χ1) is 7.61. The molecule has 3 heteroatoms. The Bertz CT molecular complexity index is 169. The van der Waals surface area contributed by atoms with Crippen LogP contribution in [0.5, 0.6) is 0 Å². The number of thioether (sulfide) groups is 1. The van der Waals surface area contributed by atoms with E-state index in [9.17, 15) is 0 Å². The third-order valence-electron chi connectivity index (χ3n) is 3.33. The first-order valence-electron chi connectivity index (χ1n) is 6.65. The molecule has 0 aliphatic carbocycles. The molecule has 1 aliphatic rings. The van der Waals surface area contributed by atoms with Crippen molar-refractivity contribution in [1.82, 2.24) is 10.2 Å². The summed E-state index contributed by atoms with van der Waals surface area (Å²) in [5.74, 6) is 3.66. The maximum absolute atomic E-state index is 3.61. The lowest BCUT2D eigenvalue weighted by atomic mass is 10.1. The van der Waals surface area contributed by atoms with Crippen molar-refractivity contribution in [3.8, 4) is 0 Å². The SMILES string of the molecule is CC(C)N(CCNCC1CCSC1)C(C)C. The molecule has 1 unspecified atom stereocenters.